The molecule has 1 atom stereocenters. The molecule has 19 heavy (non-hydrogen) atoms. The average Bonchev–Trinajstić information content (AvgIpc) is 2.89. The third-order valence-electron chi connectivity index (χ3n) is 3.47. The molecule has 2 heterocycles. The molecule has 1 aliphatic carbocycles. The van der Waals surface area contributed by atoms with E-state index in [-0.39, 0.29) is 11.9 Å². The van der Waals surface area contributed by atoms with Gasteiger partial charge in [0.05, 0.1) is 12.5 Å². The summed E-state index contributed by atoms with van der Waals surface area (Å²) >= 11 is 1.80. The molecule has 0 spiro atoms. The van der Waals surface area contributed by atoms with Crippen molar-refractivity contribution in [1.82, 2.24) is 10.3 Å². The van der Waals surface area contributed by atoms with Crippen LogP contribution in [-0.4, -0.2) is 10.9 Å². The minimum Gasteiger partial charge on any atom is -0.349 e. The molecule has 0 fully saturated rings. The predicted octanol–water partition coefficient (Wildman–Crippen LogP) is 2.88. The van der Waals surface area contributed by atoms with Crippen LogP contribution in [0.4, 0.5) is 0 Å². The Labute approximate surface area is 116 Å². The van der Waals surface area contributed by atoms with Crippen LogP contribution in [0.25, 0.3) is 0 Å². The van der Waals surface area contributed by atoms with Gasteiger partial charge in [-0.1, -0.05) is 6.07 Å². The Morgan fingerprint density at radius 2 is 2.42 bits per heavy atom. The molecule has 0 radical (unpaired) electrons. The largest absolute Gasteiger partial charge is 0.349 e. The van der Waals surface area contributed by atoms with Gasteiger partial charge in [-0.3, -0.25) is 9.78 Å². The highest BCUT2D eigenvalue weighted by Crippen LogP contribution is 2.33. The van der Waals surface area contributed by atoms with Crippen molar-refractivity contribution in [2.45, 2.75) is 31.7 Å². The standard InChI is InChI=1S/C15H16N2OS/c18-15(9-11-3-2-7-16-10-11)17-13-4-1-5-14-12(13)6-8-19-14/h2-3,6-8,10,13H,1,4-5,9H2,(H,17,18). The summed E-state index contributed by atoms with van der Waals surface area (Å²) in [7, 11) is 0. The lowest BCUT2D eigenvalue weighted by Gasteiger charge is -2.23. The Hall–Kier alpha value is -1.68. The molecule has 1 unspecified atom stereocenters. The van der Waals surface area contributed by atoms with Crippen LogP contribution in [-0.2, 0) is 17.6 Å². The fourth-order valence-electron chi connectivity index (χ4n) is 2.57. The van der Waals surface area contributed by atoms with Crippen molar-refractivity contribution < 1.29 is 4.79 Å². The predicted molar refractivity (Wildman–Crippen MR) is 76.1 cm³/mol. The number of pyridine rings is 1. The quantitative estimate of drug-likeness (QED) is 0.933. The highest BCUT2D eigenvalue weighted by Gasteiger charge is 2.22. The van der Waals surface area contributed by atoms with Crippen molar-refractivity contribution in [2.75, 3.05) is 0 Å². The second-order valence-corrected chi connectivity index (χ2v) is 5.85. The zero-order valence-corrected chi connectivity index (χ0v) is 11.5. The van der Waals surface area contributed by atoms with E-state index in [2.05, 4.69) is 21.7 Å². The first kappa shape index (κ1) is 12.4. The van der Waals surface area contributed by atoms with Crippen molar-refractivity contribution in [3.63, 3.8) is 0 Å². The zero-order chi connectivity index (χ0) is 13.1. The maximum absolute atomic E-state index is 12.1. The number of nitrogens with zero attached hydrogens (tertiary/aromatic N) is 1. The summed E-state index contributed by atoms with van der Waals surface area (Å²) in [6, 6.07) is 6.14. The van der Waals surface area contributed by atoms with Gasteiger partial charge in [-0.25, -0.2) is 0 Å². The summed E-state index contributed by atoms with van der Waals surface area (Å²) in [5.74, 6) is 0.0806. The second kappa shape index (κ2) is 5.53. The smallest absolute Gasteiger partial charge is 0.224 e. The third-order valence-corrected chi connectivity index (χ3v) is 4.47. The SMILES string of the molecule is O=C(Cc1cccnc1)NC1CCCc2sccc21. The Bertz CT molecular complexity index is 565. The molecular weight excluding hydrogens is 256 g/mol. The molecule has 1 aliphatic rings. The molecule has 1 amide bonds. The van der Waals surface area contributed by atoms with Crippen LogP contribution in [0.3, 0.4) is 0 Å². The van der Waals surface area contributed by atoms with Gasteiger partial charge in [-0.15, -0.1) is 11.3 Å². The number of aryl methyl sites for hydroxylation is 1. The van der Waals surface area contributed by atoms with Gasteiger partial charge < -0.3 is 5.32 Å². The van der Waals surface area contributed by atoms with E-state index in [1.54, 1.807) is 23.7 Å². The Kier molecular flexibility index (Phi) is 3.60. The highest BCUT2D eigenvalue weighted by atomic mass is 32.1. The summed E-state index contributed by atoms with van der Waals surface area (Å²) in [5.41, 5.74) is 2.28. The number of aromatic nitrogens is 1. The fourth-order valence-corrected chi connectivity index (χ4v) is 3.56. The number of fused-ring (bicyclic) bond motifs is 1. The monoisotopic (exact) mass is 272 g/mol. The summed E-state index contributed by atoms with van der Waals surface area (Å²) in [4.78, 5) is 17.5. The first-order valence-corrected chi connectivity index (χ1v) is 7.45. The van der Waals surface area contributed by atoms with E-state index >= 15 is 0 Å². The van der Waals surface area contributed by atoms with Crippen molar-refractivity contribution in [1.29, 1.82) is 0 Å². The number of carbonyl (C=O) groups excluding carboxylic acids is 1. The summed E-state index contributed by atoms with van der Waals surface area (Å²) in [6.07, 6.45) is 7.23. The normalized spacial score (nSPS) is 17.8. The van der Waals surface area contributed by atoms with Crippen LogP contribution in [0.15, 0.2) is 36.0 Å². The molecule has 1 N–H and O–H groups in total. The Balaban J connectivity index is 1.65. The molecule has 4 heteroatoms. The molecule has 3 rings (SSSR count). The topological polar surface area (TPSA) is 42.0 Å². The number of thiophene rings is 1. The first-order chi connectivity index (χ1) is 9.33. The minimum atomic E-state index is 0.0806. The van der Waals surface area contributed by atoms with Gasteiger partial charge in [0, 0.05) is 17.3 Å². The van der Waals surface area contributed by atoms with E-state index in [1.165, 1.54) is 10.4 Å². The maximum Gasteiger partial charge on any atom is 0.224 e. The summed E-state index contributed by atoms with van der Waals surface area (Å²) in [6.45, 7) is 0. The number of amides is 1. The molecule has 2 aromatic heterocycles. The van der Waals surface area contributed by atoms with E-state index in [4.69, 9.17) is 0 Å². The van der Waals surface area contributed by atoms with Crippen LogP contribution >= 0.6 is 11.3 Å². The van der Waals surface area contributed by atoms with Gasteiger partial charge in [0.25, 0.3) is 0 Å². The minimum absolute atomic E-state index is 0.0806. The molecule has 0 saturated carbocycles. The van der Waals surface area contributed by atoms with Gasteiger partial charge in [0.15, 0.2) is 0 Å². The second-order valence-electron chi connectivity index (χ2n) is 4.85. The molecule has 0 bridgehead atoms. The lowest BCUT2D eigenvalue weighted by Crippen LogP contribution is -2.31. The van der Waals surface area contributed by atoms with Gasteiger partial charge >= 0.3 is 0 Å². The van der Waals surface area contributed by atoms with Crippen LogP contribution in [0.1, 0.15) is 34.9 Å². The number of hydrogen-bond acceptors (Lipinski definition) is 3. The lowest BCUT2D eigenvalue weighted by atomic mass is 9.94. The van der Waals surface area contributed by atoms with Crippen LogP contribution < -0.4 is 5.32 Å². The molecule has 0 aromatic carbocycles. The molecule has 98 valence electrons. The average molecular weight is 272 g/mol. The van der Waals surface area contributed by atoms with Crippen LogP contribution in [0.5, 0.6) is 0 Å². The molecule has 0 aliphatic heterocycles. The van der Waals surface area contributed by atoms with E-state index < -0.39 is 0 Å². The molecule has 0 saturated heterocycles. The van der Waals surface area contributed by atoms with Crippen molar-refractivity contribution in [3.8, 4) is 0 Å². The maximum atomic E-state index is 12.1. The van der Waals surface area contributed by atoms with E-state index in [0.29, 0.717) is 6.42 Å². The van der Waals surface area contributed by atoms with E-state index in [0.717, 1.165) is 24.8 Å². The highest BCUT2D eigenvalue weighted by molar-refractivity contribution is 7.10. The van der Waals surface area contributed by atoms with Gasteiger partial charge in [-0.05, 0) is 47.9 Å². The number of rotatable bonds is 3. The van der Waals surface area contributed by atoms with Crippen molar-refractivity contribution in [2.24, 2.45) is 0 Å². The van der Waals surface area contributed by atoms with Crippen molar-refractivity contribution >= 4 is 17.2 Å². The van der Waals surface area contributed by atoms with E-state index in [9.17, 15) is 4.79 Å². The van der Waals surface area contributed by atoms with Crippen LogP contribution in [0.2, 0.25) is 0 Å². The van der Waals surface area contributed by atoms with Crippen molar-refractivity contribution in [3.05, 3.63) is 52.0 Å². The lowest BCUT2D eigenvalue weighted by molar-refractivity contribution is -0.121. The Morgan fingerprint density at radius 1 is 1.47 bits per heavy atom. The number of hydrogen-bond donors (Lipinski definition) is 1. The van der Waals surface area contributed by atoms with Gasteiger partial charge in [-0.2, -0.15) is 0 Å². The third kappa shape index (κ3) is 2.84. The summed E-state index contributed by atoms with van der Waals surface area (Å²) < 4.78 is 0. The van der Waals surface area contributed by atoms with E-state index in [1.807, 2.05) is 12.1 Å². The van der Waals surface area contributed by atoms with Gasteiger partial charge in [0.2, 0.25) is 5.91 Å². The van der Waals surface area contributed by atoms with Crippen LogP contribution in [0, 0.1) is 0 Å². The summed E-state index contributed by atoms with van der Waals surface area (Å²) in [5, 5.41) is 5.27. The zero-order valence-electron chi connectivity index (χ0n) is 10.6. The first-order valence-electron chi connectivity index (χ1n) is 6.57. The number of nitrogens with one attached hydrogen (secondary N) is 1. The molecule has 3 nitrogen and oxygen atoms in total. The molecule has 2 aromatic rings. The van der Waals surface area contributed by atoms with Gasteiger partial charge in [0.1, 0.15) is 0 Å². The number of carbonyl (C=O) groups is 1. The molecular formula is C15H16N2OS. The fraction of sp³-hybridized carbons (Fsp3) is 0.333. The Morgan fingerprint density at radius 3 is 3.26 bits per heavy atom.